The summed E-state index contributed by atoms with van der Waals surface area (Å²) in [7, 11) is 0. The summed E-state index contributed by atoms with van der Waals surface area (Å²) in [5.41, 5.74) is -0.551. The molecule has 0 atom stereocenters. The molecule has 0 spiro atoms. The Morgan fingerprint density at radius 3 is 2.29 bits per heavy atom. The molecule has 0 radical (unpaired) electrons. The first-order chi connectivity index (χ1) is 9.95. The van der Waals surface area contributed by atoms with E-state index in [9.17, 15) is 17.6 Å². The lowest BCUT2D eigenvalue weighted by molar-refractivity contribution is 0.459. The Morgan fingerprint density at radius 2 is 1.71 bits per heavy atom. The van der Waals surface area contributed by atoms with Crippen molar-refractivity contribution in [2.45, 2.75) is 19.8 Å². The molecule has 1 aromatic heterocycles. The smallest absolute Gasteiger partial charge is 0.185 e. The van der Waals surface area contributed by atoms with Gasteiger partial charge in [0.2, 0.25) is 0 Å². The van der Waals surface area contributed by atoms with Crippen molar-refractivity contribution in [3.63, 3.8) is 0 Å². The Hall–Kier alpha value is -1.89. The lowest BCUT2D eigenvalue weighted by atomic mass is 10.1. The molecule has 8 heteroatoms. The van der Waals surface area contributed by atoms with Gasteiger partial charge in [0.05, 0.1) is 0 Å². The standard InChI is InChI=1S/C13H10ClF4N3/c1-2-3-6-12(14)19-5-20-13(6)21-11-9(17)7(15)4-8(16)10(11)18/h4-5H,2-3H2,1H3,(H,19,20,21). The van der Waals surface area contributed by atoms with Gasteiger partial charge in [0.15, 0.2) is 23.3 Å². The summed E-state index contributed by atoms with van der Waals surface area (Å²) in [6.45, 7) is 1.86. The van der Waals surface area contributed by atoms with Gasteiger partial charge in [-0.05, 0) is 6.42 Å². The van der Waals surface area contributed by atoms with E-state index in [1.165, 1.54) is 0 Å². The van der Waals surface area contributed by atoms with Crippen LogP contribution in [0.15, 0.2) is 12.4 Å². The van der Waals surface area contributed by atoms with Crippen LogP contribution in [0.3, 0.4) is 0 Å². The third kappa shape index (κ3) is 3.07. The van der Waals surface area contributed by atoms with Crippen LogP contribution in [0.4, 0.5) is 29.1 Å². The van der Waals surface area contributed by atoms with Crippen molar-refractivity contribution < 1.29 is 17.6 Å². The van der Waals surface area contributed by atoms with E-state index >= 15 is 0 Å². The summed E-state index contributed by atoms with van der Waals surface area (Å²) in [5, 5.41) is 2.35. The lowest BCUT2D eigenvalue weighted by Gasteiger charge is -2.13. The van der Waals surface area contributed by atoms with Crippen LogP contribution in [-0.2, 0) is 6.42 Å². The largest absolute Gasteiger partial charge is 0.335 e. The Kier molecular flexibility index (Phi) is 4.62. The van der Waals surface area contributed by atoms with Crippen LogP contribution in [0.25, 0.3) is 0 Å². The first kappa shape index (κ1) is 15.5. The average molecular weight is 320 g/mol. The van der Waals surface area contributed by atoms with Crippen molar-refractivity contribution in [2.24, 2.45) is 0 Å². The molecule has 1 heterocycles. The van der Waals surface area contributed by atoms with Crippen LogP contribution in [0.1, 0.15) is 18.9 Å². The fourth-order valence-corrected chi connectivity index (χ4v) is 2.00. The Labute approximate surface area is 123 Å². The summed E-state index contributed by atoms with van der Waals surface area (Å²) in [5.74, 6) is -6.08. The summed E-state index contributed by atoms with van der Waals surface area (Å²) >= 11 is 5.89. The van der Waals surface area contributed by atoms with Crippen molar-refractivity contribution in [2.75, 3.05) is 5.32 Å². The average Bonchev–Trinajstić information content (AvgIpc) is 2.45. The van der Waals surface area contributed by atoms with Crippen molar-refractivity contribution in [3.05, 3.63) is 46.4 Å². The molecule has 0 aliphatic carbocycles. The number of halogens is 5. The number of benzene rings is 1. The highest BCUT2D eigenvalue weighted by Gasteiger charge is 2.21. The highest BCUT2D eigenvalue weighted by Crippen LogP contribution is 2.30. The molecule has 3 nitrogen and oxygen atoms in total. The fourth-order valence-electron chi connectivity index (χ4n) is 1.77. The van der Waals surface area contributed by atoms with E-state index in [0.29, 0.717) is 18.4 Å². The van der Waals surface area contributed by atoms with E-state index in [2.05, 4.69) is 15.3 Å². The zero-order chi connectivity index (χ0) is 15.6. The van der Waals surface area contributed by atoms with Crippen molar-refractivity contribution in [3.8, 4) is 0 Å². The third-order valence-corrected chi connectivity index (χ3v) is 3.07. The van der Waals surface area contributed by atoms with Gasteiger partial charge in [0.1, 0.15) is 23.0 Å². The molecule has 0 fully saturated rings. The topological polar surface area (TPSA) is 37.8 Å². The molecule has 0 saturated carbocycles. The maximum atomic E-state index is 13.6. The van der Waals surface area contributed by atoms with Crippen LogP contribution in [-0.4, -0.2) is 9.97 Å². The lowest BCUT2D eigenvalue weighted by Crippen LogP contribution is -2.07. The highest BCUT2D eigenvalue weighted by molar-refractivity contribution is 6.30. The molecule has 0 bridgehead atoms. The van der Waals surface area contributed by atoms with Gasteiger partial charge in [-0.1, -0.05) is 24.9 Å². The summed E-state index contributed by atoms with van der Waals surface area (Å²) < 4.78 is 53.6. The van der Waals surface area contributed by atoms with E-state index in [1.807, 2.05) is 6.92 Å². The van der Waals surface area contributed by atoms with Crippen LogP contribution in [0, 0.1) is 23.3 Å². The van der Waals surface area contributed by atoms with Gasteiger partial charge in [0.25, 0.3) is 0 Å². The molecular formula is C13H10ClF4N3. The van der Waals surface area contributed by atoms with E-state index in [-0.39, 0.29) is 17.0 Å². The molecule has 1 N–H and O–H groups in total. The van der Waals surface area contributed by atoms with Crippen LogP contribution in [0.2, 0.25) is 5.15 Å². The van der Waals surface area contributed by atoms with Crippen LogP contribution >= 0.6 is 11.6 Å². The predicted octanol–water partition coefficient (Wildman–Crippen LogP) is 4.38. The first-order valence-electron chi connectivity index (χ1n) is 6.05. The quantitative estimate of drug-likeness (QED) is 0.516. The van der Waals surface area contributed by atoms with Crippen molar-refractivity contribution >= 4 is 23.1 Å². The van der Waals surface area contributed by atoms with Crippen LogP contribution in [0.5, 0.6) is 0 Å². The molecule has 0 aliphatic heterocycles. The minimum absolute atomic E-state index is 0.000324. The molecule has 2 rings (SSSR count). The monoisotopic (exact) mass is 319 g/mol. The number of anilines is 2. The Bertz CT molecular complexity index is 653. The summed E-state index contributed by atoms with van der Waals surface area (Å²) in [6, 6.07) is 0.135. The van der Waals surface area contributed by atoms with E-state index < -0.39 is 29.0 Å². The van der Waals surface area contributed by atoms with Gasteiger partial charge in [-0.3, -0.25) is 0 Å². The van der Waals surface area contributed by atoms with Gasteiger partial charge in [0, 0.05) is 11.6 Å². The molecule has 112 valence electrons. The maximum Gasteiger partial charge on any atom is 0.185 e. The Balaban J connectivity index is 2.51. The van der Waals surface area contributed by atoms with Gasteiger partial charge in [-0.2, -0.15) is 0 Å². The Morgan fingerprint density at radius 1 is 1.10 bits per heavy atom. The van der Waals surface area contributed by atoms with Gasteiger partial charge in [-0.25, -0.2) is 27.5 Å². The molecule has 0 unspecified atom stereocenters. The number of hydrogen-bond donors (Lipinski definition) is 1. The second-order valence-electron chi connectivity index (χ2n) is 4.21. The number of aromatic nitrogens is 2. The van der Waals surface area contributed by atoms with Gasteiger partial charge >= 0.3 is 0 Å². The van der Waals surface area contributed by atoms with E-state index in [4.69, 9.17) is 11.6 Å². The summed E-state index contributed by atoms with van der Waals surface area (Å²) in [6.07, 6.45) is 2.18. The van der Waals surface area contributed by atoms with Crippen LogP contribution < -0.4 is 5.32 Å². The van der Waals surface area contributed by atoms with E-state index in [0.717, 1.165) is 6.33 Å². The normalized spacial score (nSPS) is 10.8. The molecule has 0 saturated heterocycles. The second kappa shape index (κ2) is 6.26. The second-order valence-corrected chi connectivity index (χ2v) is 4.57. The highest BCUT2D eigenvalue weighted by atomic mass is 35.5. The molecule has 1 aromatic carbocycles. The number of nitrogens with one attached hydrogen (secondary N) is 1. The zero-order valence-electron chi connectivity index (χ0n) is 10.9. The van der Waals surface area contributed by atoms with Gasteiger partial charge in [-0.15, -0.1) is 0 Å². The van der Waals surface area contributed by atoms with E-state index in [1.54, 1.807) is 0 Å². The van der Waals surface area contributed by atoms with Crippen molar-refractivity contribution in [1.29, 1.82) is 0 Å². The zero-order valence-corrected chi connectivity index (χ0v) is 11.6. The molecule has 0 amide bonds. The molecule has 21 heavy (non-hydrogen) atoms. The third-order valence-electron chi connectivity index (χ3n) is 2.75. The summed E-state index contributed by atoms with van der Waals surface area (Å²) in [4.78, 5) is 7.57. The number of hydrogen-bond acceptors (Lipinski definition) is 3. The first-order valence-corrected chi connectivity index (χ1v) is 6.42. The fraction of sp³-hybridized carbons (Fsp3) is 0.231. The van der Waals surface area contributed by atoms with Crippen molar-refractivity contribution in [1.82, 2.24) is 9.97 Å². The minimum Gasteiger partial charge on any atom is -0.335 e. The number of rotatable bonds is 4. The molecule has 0 aliphatic rings. The predicted molar refractivity (Wildman–Crippen MR) is 70.6 cm³/mol. The number of nitrogens with zero attached hydrogens (tertiary/aromatic N) is 2. The van der Waals surface area contributed by atoms with Gasteiger partial charge < -0.3 is 5.32 Å². The SMILES string of the molecule is CCCc1c(Cl)ncnc1Nc1c(F)c(F)cc(F)c1F. The maximum absolute atomic E-state index is 13.6. The molecular weight excluding hydrogens is 310 g/mol. The molecule has 2 aromatic rings. The minimum atomic E-state index is -1.54.